The summed E-state index contributed by atoms with van der Waals surface area (Å²) in [6.07, 6.45) is 1.60. The Labute approximate surface area is 163 Å². The molecule has 2 amide bonds. The number of aryl methyl sites for hydroxylation is 1. The summed E-state index contributed by atoms with van der Waals surface area (Å²) in [4.78, 5) is 20.0. The van der Waals surface area contributed by atoms with Gasteiger partial charge in [0.2, 0.25) is 0 Å². The zero-order chi connectivity index (χ0) is 19.3. The van der Waals surface area contributed by atoms with E-state index < -0.39 is 0 Å². The second-order valence-corrected chi connectivity index (χ2v) is 6.83. The average molecular weight is 380 g/mol. The van der Waals surface area contributed by atoms with E-state index in [0.29, 0.717) is 19.8 Å². The van der Waals surface area contributed by atoms with Crippen molar-refractivity contribution in [1.82, 2.24) is 20.6 Å². The van der Waals surface area contributed by atoms with Crippen LogP contribution in [0.3, 0.4) is 0 Å². The van der Waals surface area contributed by atoms with Gasteiger partial charge in [0.1, 0.15) is 19.0 Å². The Kier molecular flexibility index (Phi) is 5.32. The molecule has 0 spiro atoms. The van der Waals surface area contributed by atoms with Crippen molar-refractivity contribution >= 4 is 17.1 Å². The fourth-order valence-corrected chi connectivity index (χ4v) is 3.24. The third-order valence-corrected chi connectivity index (χ3v) is 4.73. The molecule has 0 bridgehead atoms. The van der Waals surface area contributed by atoms with Gasteiger partial charge in [0, 0.05) is 13.0 Å². The lowest BCUT2D eigenvalue weighted by molar-refractivity contribution is 0.171. The lowest BCUT2D eigenvalue weighted by Crippen LogP contribution is -2.37. The van der Waals surface area contributed by atoms with E-state index in [-0.39, 0.29) is 12.1 Å². The number of amides is 2. The van der Waals surface area contributed by atoms with Crippen LogP contribution in [-0.4, -0.2) is 35.8 Å². The van der Waals surface area contributed by atoms with Crippen molar-refractivity contribution in [2.24, 2.45) is 0 Å². The monoisotopic (exact) mass is 380 g/mol. The molecule has 3 N–H and O–H groups in total. The zero-order valence-corrected chi connectivity index (χ0v) is 15.8. The van der Waals surface area contributed by atoms with Gasteiger partial charge in [0.15, 0.2) is 11.5 Å². The Morgan fingerprint density at radius 3 is 2.86 bits per heavy atom. The van der Waals surface area contributed by atoms with Crippen LogP contribution in [0.5, 0.6) is 11.5 Å². The van der Waals surface area contributed by atoms with Gasteiger partial charge in [-0.15, -0.1) is 0 Å². The van der Waals surface area contributed by atoms with Gasteiger partial charge in [0.05, 0.1) is 17.1 Å². The van der Waals surface area contributed by atoms with Crippen LogP contribution in [0, 0.1) is 0 Å². The van der Waals surface area contributed by atoms with Gasteiger partial charge in [-0.05, 0) is 43.2 Å². The number of carbonyl (C=O) groups excluding carboxylic acids is 1. The van der Waals surface area contributed by atoms with Crippen LogP contribution in [0.1, 0.15) is 30.8 Å². The van der Waals surface area contributed by atoms with Gasteiger partial charge in [-0.1, -0.05) is 18.2 Å². The molecular formula is C21H24N4O3. The van der Waals surface area contributed by atoms with Crippen molar-refractivity contribution in [1.29, 1.82) is 0 Å². The molecule has 1 aromatic heterocycles. The zero-order valence-electron chi connectivity index (χ0n) is 15.8. The van der Waals surface area contributed by atoms with Crippen LogP contribution in [-0.2, 0) is 6.42 Å². The molecule has 3 aromatic rings. The van der Waals surface area contributed by atoms with Crippen molar-refractivity contribution in [3.8, 4) is 11.5 Å². The number of hydrogen-bond acceptors (Lipinski definition) is 4. The Morgan fingerprint density at radius 1 is 1.18 bits per heavy atom. The maximum Gasteiger partial charge on any atom is 0.315 e. The standard InChI is InChI=1S/C21H24N4O3/c1-14(15-8-9-18-19(13-15)28-12-11-27-18)23-21(26)22-10-4-7-20-24-16-5-2-3-6-17(16)25-20/h2-3,5-6,8-9,13-14H,4,7,10-12H2,1H3,(H,24,25)(H2,22,23,26). The highest BCUT2D eigenvalue weighted by molar-refractivity contribution is 5.75. The van der Waals surface area contributed by atoms with Crippen LogP contribution >= 0.6 is 0 Å². The summed E-state index contributed by atoms with van der Waals surface area (Å²) in [6, 6.07) is 13.4. The number of carbonyl (C=O) groups is 1. The Balaban J connectivity index is 1.23. The predicted molar refractivity (Wildman–Crippen MR) is 107 cm³/mol. The van der Waals surface area contributed by atoms with E-state index >= 15 is 0 Å². The summed E-state index contributed by atoms with van der Waals surface area (Å²) < 4.78 is 11.1. The molecule has 0 radical (unpaired) electrons. The molecule has 2 heterocycles. The number of imidazole rings is 1. The second-order valence-electron chi connectivity index (χ2n) is 6.83. The molecule has 1 atom stereocenters. The molecule has 7 nitrogen and oxygen atoms in total. The number of para-hydroxylation sites is 2. The molecule has 1 aliphatic rings. The number of H-pyrrole nitrogens is 1. The molecule has 0 aliphatic carbocycles. The Bertz CT molecular complexity index is 936. The smallest absolute Gasteiger partial charge is 0.315 e. The van der Waals surface area contributed by atoms with E-state index in [9.17, 15) is 4.79 Å². The van der Waals surface area contributed by atoms with E-state index in [2.05, 4.69) is 20.6 Å². The SMILES string of the molecule is CC(NC(=O)NCCCc1nc2ccccc2[nH]1)c1ccc2c(c1)OCCO2. The summed E-state index contributed by atoms with van der Waals surface area (Å²) in [5, 5.41) is 5.86. The van der Waals surface area contributed by atoms with E-state index in [1.165, 1.54) is 0 Å². The number of aromatic nitrogens is 2. The number of nitrogens with zero attached hydrogens (tertiary/aromatic N) is 1. The largest absolute Gasteiger partial charge is 0.486 e. The molecule has 0 fully saturated rings. The summed E-state index contributed by atoms with van der Waals surface area (Å²) in [7, 11) is 0. The van der Waals surface area contributed by atoms with Crippen LogP contribution < -0.4 is 20.1 Å². The first-order chi connectivity index (χ1) is 13.7. The van der Waals surface area contributed by atoms with E-state index in [0.717, 1.165) is 46.8 Å². The number of fused-ring (bicyclic) bond motifs is 2. The van der Waals surface area contributed by atoms with E-state index in [4.69, 9.17) is 9.47 Å². The van der Waals surface area contributed by atoms with Gasteiger partial charge in [0.25, 0.3) is 0 Å². The van der Waals surface area contributed by atoms with Gasteiger partial charge in [-0.2, -0.15) is 0 Å². The summed E-state index contributed by atoms with van der Waals surface area (Å²) in [6.45, 7) is 3.64. The molecule has 146 valence electrons. The quantitative estimate of drug-likeness (QED) is 0.573. The summed E-state index contributed by atoms with van der Waals surface area (Å²) in [5.41, 5.74) is 2.98. The number of urea groups is 1. The number of rotatable bonds is 6. The van der Waals surface area contributed by atoms with Crippen LogP contribution in [0.4, 0.5) is 4.79 Å². The predicted octanol–water partition coefficient (Wildman–Crippen LogP) is 3.33. The Morgan fingerprint density at radius 2 is 2.00 bits per heavy atom. The third kappa shape index (κ3) is 4.19. The van der Waals surface area contributed by atoms with Crippen molar-refractivity contribution in [2.75, 3.05) is 19.8 Å². The van der Waals surface area contributed by atoms with E-state index in [1.807, 2.05) is 49.4 Å². The van der Waals surface area contributed by atoms with Crippen molar-refractivity contribution < 1.29 is 14.3 Å². The van der Waals surface area contributed by atoms with Gasteiger partial charge < -0.3 is 25.1 Å². The fraction of sp³-hybridized carbons (Fsp3) is 0.333. The number of ether oxygens (including phenoxy) is 2. The minimum absolute atomic E-state index is 0.133. The average Bonchev–Trinajstić information content (AvgIpc) is 3.13. The van der Waals surface area contributed by atoms with Crippen LogP contribution in [0.15, 0.2) is 42.5 Å². The first-order valence-electron chi connectivity index (χ1n) is 9.56. The minimum Gasteiger partial charge on any atom is -0.486 e. The van der Waals surface area contributed by atoms with E-state index in [1.54, 1.807) is 0 Å². The van der Waals surface area contributed by atoms with Gasteiger partial charge in [-0.3, -0.25) is 0 Å². The summed E-state index contributed by atoms with van der Waals surface area (Å²) >= 11 is 0. The molecule has 28 heavy (non-hydrogen) atoms. The molecule has 1 aliphatic heterocycles. The topological polar surface area (TPSA) is 88.3 Å². The van der Waals surface area contributed by atoms with Crippen molar-refractivity contribution in [3.05, 3.63) is 53.9 Å². The van der Waals surface area contributed by atoms with Crippen LogP contribution in [0.25, 0.3) is 11.0 Å². The van der Waals surface area contributed by atoms with Gasteiger partial charge in [-0.25, -0.2) is 9.78 Å². The molecule has 2 aromatic carbocycles. The molecule has 4 rings (SSSR count). The number of benzene rings is 2. The molecule has 1 unspecified atom stereocenters. The lowest BCUT2D eigenvalue weighted by atomic mass is 10.1. The van der Waals surface area contributed by atoms with Gasteiger partial charge >= 0.3 is 6.03 Å². The first-order valence-corrected chi connectivity index (χ1v) is 9.56. The second kappa shape index (κ2) is 8.21. The minimum atomic E-state index is -0.188. The molecule has 7 heteroatoms. The number of aromatic amines is 1. The maximum atomic E-state index is 12.2. The normalized spacial score (nSPS) is 13.9. The number of nitrogens with one attached hydrogen (secondary N) is 3. The summed E-state index contributed by atoms with van der Waals surface area (Å²) in [5.74, 6) is 2.41. The lowest BCUT2D eigenvalue weighted by Gasteiger charge is -2.21. The van der Waals surface area contributed by atoms with Crippen molar-refractivity contribution in [3.63, 3.8) is 0 Å². The Hall–Kier alpha value is -3.22. The third-order valence-electron chi connectivity index (χ3n) is 4.73. The first kappa shape index (κ1) is 18.2. The highest BCUT2D eigenvalue weighted by Gasteiger charge is 2.15. The number of hydrogen-bond donors (Lipinski definition) is 3. The highest BCUT2D eigenvalue weighted by atomic mass is 16.6. The molecular weight excluding hydrogens is 356 g/mol. The van der Waals surface area contributed by atoms with Crippen LogP contribution in [0.2, 0.25) is 0 Å². The maximum absolute atomic E-state index is 12.2. The fourth-order valence-electron chi connectivity index (χ4n) is 3.24. The van der Waals surface area contributed by atoms with Crippen molar-refractivity contribution in [2.45, 2.75) is 25.8 Å². The highest BCUT2D eigenvalue weighted by Crippen LogP contribution is 2.32. The molecule has 0 saturated heterocycles. The molecule has 0 saturated carbocycles.